The number of ether oxygens (including phenoxy) is 1. The second kappa shape index (κ2) is 9.82. The second-order valence-electron chi connectivity index (χ2n) is 7.24. The van der Waals surface area contributed by atoms with Crippen molar-refractivity contribution in [1.82, 2.24) is 20.3 Å². The zero-order chi connectivity index (χ0) is 21.5. The van der Waals surface area contributed by atoms with Gasteiger partial charge in [0.2, 0.25) is 5.91 Å². The quantitative estimate of drug-likeness (QED) is 0.561. The van der Waals surface area contributed by atoms with Crippen LogP contribution in [0.25, 0.3) is 11.4 Å². The molecule has 3 aromatic rings. The minimum absolute atomic E-state index is 0.129. The van der Waals surface area contributed by atoms with Crippen LogP contribution in [0.2, 0.25) is 0 Å². The van der Waals surface area contributed by atoms with Gasteiger partial charge in [0.1, 0.15) is 18.2 Å². The lowest BCUT2D eigenvalue weighted by Crippen LogP contribution is -2.29. The van der Waals surface area contributed by atoms with Gasteiger partial charge in [0.05, 0.1) is 6.54 Å². The maximum atomic E-state index is 12.5. The van der Waals surface area contributed by atoms with E-state index in [1.165, 1.54) is 0 Å². The Hall–Kier alpha value is -3.48. The number of amides is 1. The number of pyridine rings is 1. The molecule has 0 aliphatic rings. The van der Waals surface area contributed by atoms with E-state index in [0.717, 1.165) is 22.4 Å². The van der Waals surface area contributed by atoms with Crippen LogP contribution in [0.5, 0.6) is 5.75 Å². The highest BCUT2D eigenvalue weighted by Gasteiger charge is 2.11. The topological polar surface area (TPSA) is 97.0 Å². The van der Waals surface area contributed by atoms with Crippen LogP contribution in [0.15, 0.2) is 47.5 Å². The summed E-state index contributed by atoms with van der Waals surface area (Å²) in [4.78, 5) is 35.8. The molecule has 7 heteroatoms. The Kier molecular flexibility index (Phi) is 6.95. The monoisotopic (exact) mass is 406 g/mol. The van der Waals surface area contributed by atoms with E-state index in [4.69, 9.17) is 4.74 Å². The molecule has 30 heavy (non-hydrogen) atoms. The molecule has 0 saturated heterocycles. The lowest BCUT2D eigenvalue weighted by Gasteiger charge is -2.10. The molecule has 0 aliphatic heterocycles. The van der Waals surface area contributed by atoms with Crippen molar-refractivity contribution in [3.8, 4) is 17.1 Å². The van der Waals surface area contributed by atoms with Crippen LogP contribution in [0.4, 0.5) is 0 Å². The number of hydrogen-bond acceptors (Lipinski definition) is 5. The van der Waals surface area contributed by atoms with E-state index in [1.54, 1.807) is 31.5 Å². The Morgan fingerprint density at radius 1 is 1.10 bits per heavy atom. The number of aryl methyl sites for hydroxylation is 3. The summed E-state index contributed by atoms with van der Waals surface area (Å²) >= 11 is 0. The van der Waals surface area contributed by atoms with Crippen molar-refractivity contribution in [2.75, 3.05) is 13.2 Å². The van der Waals surface area contributed by atoms with Crippen LogP contribution in [0.3, 0.4) is 0 Å². The number of benzene rings is 1. The van der Waals surface area contributed by atoms with Crippen molar-refractivity contribution in [2.24, 2.45) is 0 Å². The molecule has 2 aromatic heterocycles. The third-order valence-corrected chi connectivity index (χ3v) is 4.67. The number of nitrogens with one attached hydrogen (secondary N) is 2. The van der Waals surface area contributed by atoms with Crippen LogP contribution < -0.4 is 15.6 Å². The van der Waals surface area contributed by atoms with Gasteiger partial charge < -0.3 is 15.0 Å². The van der Waals surface area contributed by atoms with E-state index in [1.807, 2.05) is 26.0 Å². The molecular formula is C23H26N4O3. The molecule has 1 amide bonds. The van der Waals surface area contributed by atoms with Crippen molar-refractivity contribution in [2.45, 2.75) is 33.6 Å². The third-order valence-electron chi connectivity index (χ3n) is 4.67. The van der Waals surface area contributed by atoms with Gasteiger partial charge in [0.15, 0.2) is 0 Å². The molecule has 0 bridgehead atoms. The van der Waals surface area contributed by atoms with Crippen LogP contribution in [-0.2, 0) is 11.2 Å². The van der Waals surface area contributed by atoms with Crippen LogP contribution in [0, 0.1) is 20.8 Å². The first kappa shape index (κ1) is 21.2. The third kappa shape index (κ3) is 5.76. The molecule has 156 valence electrons. The van der Waals surface area contributed by atoms with E-state index in [0.29, 0.717) is 36.7 Å². The summed E-state index contributed by atoms with van der Waals surface area (Å²) in [5.41, 5.74) is 3.99. The van der Waals surface area contributed by atoms with E-state index in [-0.39, 0.29) is 17.9 Å². The number of aromatic amines is 1. The predicted octanol–water partition coefficient (Wildman–Crippen LogP) is 2.88. The summed E-state index contributed by atoms with van der Waals surface area (Å²) in [6.45, 7) is 6.61. The van der Waals surface area contributed by atoms with Gasteiger partial charge in [-0.15, -0.1) is 0 Å². The molecule has 0 radical (unpaired) electrons. The van der Waals surface area contributed by atoms with Crippen LogP contribution in [0.1, 0.15) is 28.8 Å². The molecular weight excluding hydrogens is 380 g/mol. The van der Waals surface area contributed by atoms with E-state index < -0.39 is 0 Å². The highest BCUT2D eigenvalue weighted by atomic mass is 16.5. The van der Waals surface area contributed by atoms with Crippen molar-refractivity contribution < 1.29 is 9.53 Å². The average Bonchev–Trinajstić information content (AvgIpc) is 2.70. The minimum atomic E-state index is -0.222. The number of aromatic nitrogens is 3. The number of H-pyrrole nitrogens is 1. The number of carbonyl (C=O) groups excluding carboxylic acids is 1. The molecule has 0 fully saturated rings. The van der Waals surface area contributed by atoms with Crippen molar-refractivity contribution in [3.63, 3.8) is 0 Å². The summed E-state index contributed by atoms with van der Waals surface area (Å²) in [5.74, 6) is 1.16. The Balaban J connectivity index is 1.49. The van der Waals surface area contributed by atoms with Gasteiger partial charge in [-0.3, -0.25) is 14.6 Å². The Labute approximate surface area is 175 Å². The van der Waals surface area contributed by atoms with Crippen molar-refractivity contribution >= 4 is 5.91 Å². The number of nitrogens with zero attached hydrogens (tertiary/aromatic N) is 2. The van der Waals surface area contributed by atoms with Gasteiger partial charge in [-0.1, -0.05) is 6.07 Å². The fourth-order valence-electron chi connectivity index (χ4n) is 3.25. The van der Waals surface area contributed by atoms with Gasteiger partial charge in [-0.2, -0.15) is 0 Å². The normalized spacial score (nSPS) is 10.6. The van der Waals surface area contributed by atoms with Crippen LogP contribution >= 0.6 is 0 Å². The van der Waals surface area contributed by atoms with Gasteiger partial charge in [0.25, 0.3) is 5.56 Å². The zero-order valence-corrected chi connectivity index (χ0v) is 17.5. The van der Waals surface area contributed by atoms with Gasteiger partial charge in [0, 0.05) is 35.6 Å². The summed E-state index contributed by atoms with van der Waals surface area (Å²) in [5, 5.41) is 2.83. The highest BCUT2D eigenvalue weighted by molar-refractivity contribution is 5.76. The first-order chi connectivity index (χ1) is 14.4. The smallest absolute Gasteiger partial charge is 0.254 e. The Morgan fingerprint density at radius 2 is 1.80 bits per heavy atom. The second-order valence-corrected chi connectivity index (χ2v) is 7.24. The summed E-state index contributed by atoms with van der Waals surface area (Å²) in [7, 11) is 0. The first-order valence-electron chi connectivity index (χ1n) is 9.90. The maximum absolute atomic E-state index is 12.5. The van der Waals surface area contributed by atoms with Crippen molar-refractivity contribution in [1.29, 1.82) is 0 Å². The summed E-state index contributed by atoms with van der Waals surface area (Å²) in [6, 6.07) is 9.58. The lowest BCUT2D eigenvalue weighted by atomic mass is 10.1. The molecule has 0 spiro atoms. The molecule has 2 N–H and O–H groups in total. The van der Waals surface area contributed by atoms with Crippen molar-refractivity contribution in [3.05, 3.63) is 75.5 Å². The maximum Gasteiger partial charge on any atom is 0.254 e. The van der Waals surface area contributed by atoms with E-state index in [2.05, 4.69) is 26.3 Å². The molecule has 1 aromatic carbocycles. The van der Waals surface area contributed by atoms with Gasteiger partial charge in [-0.25, -0.2) is 4.98 Å². The molecule has 0 aliphatic carbocycles. The SMILES string of the molecule is Cc1cc(C)cc(OCCNC(=O)CCc2c(C)nc(-c3ccncc3)[nH]c2=O)c1. The van der Waals surface area contributed by atoms with Gasteiger partial charge in [-0.05, 0) is 62.6 Å². The fraction of sp³-hybridized carbons (Fsp3) is 0.304. The number of rotatable bonds is 8. The molecule has 7 nitrogen and oxygen atoms in total. The molecule has 0 saturated carbocycles. The van der Waals surface area contributed by atoms with E-state index in [9.17, 15) is 9.59 Å². The molecule has 0 atom stereocenters. The Bertz CT molecular complexity index is 1060. The average molecular weight is 406 g/mol. The van der Waals surface area contributed by atoms with Gasteiger partial charge >= 0.3 is 0 Å². The fourth-order valence-corrected chi connectivity index (χ4v) is 3.25. The summed E-state index contributed by atoms with van der Waals surface area (Å²) < 4.78 is 5.69. The first-order valence-corrected chi connectivity index (χ1v) is 9.90. The largest absolute Gasteiger partial charge is 0.492 e. The zero-order valence-electron chi connectivity index (χ0n) is 17.5. The van der Waals surface area contributed by atoms with E-state index >= 15 is 0 Å². The number of carbonyl (C=O) groups is 1. The standard InChI is InChI=1S/C23H26N4O3/c1-15-12-16(2)14-19(13-15)30-11-10-25-21(28)5-4-20-17(3)26-22(27-23(20)29)18-6-8-24-9-7-18/h6-9,12-14H,4-5,10-11H2,1-3H3,(H,25,28)(H,26,27,29). The predicted molar refractivity (Wildman–Crippen MR) is 116 cm³/mol. The summed E-state index contributed by atoms with van der Waals surface area (Å²) in [6.07, 6.45) is 3.83. The molecule has 2 heterocycles. The lowest BCUT2D eigenvalue weighted by molar-refractivity contribution is -0.121. The molecule has 0 unspecified atom stereocenters. The number of hydrogen-bond donors (Lipinski definition) is 2. The van der Waals surface area contributed by atoms with Crippen LogP contribution in [-0.4, -0.2) is 34.0 Å². The minimum Gasteiger partial charge on any atom is -0.492 e. The molecule has 3 rings (SSSR count). The Morgan fingerprint density at radius 3 is 2.47 bits per heavy atom. The highest BCUT2D eigenvalue weighted by Crippen LogP contribution is 2.16.